The average Bonchev–Trinajstić information content (AvgIpc) is 3.30. The summed E-state index contributed by atoms with van der Waals surface area (Å²) in [6.07, 6.45) is 1.74. The molecule has 5 aromatic rings. The topological polar surface area (TPSA) is 68.6 Å². The maximum Gasteiger partial charge on any atom is 0.165 e. The van der Waals surface area contributed by atoms with Crippen LogP contribution in [0.25, 0.3) is 33.5 Å². The number of H-pyrrole nitrogens is 1. The highest BCUT2D eigenvalue weighted by atomic mass is 79.9. The second-order valence-corrected chi connectivity index (χ2v) is 7.78. The van der Waals surface area contributed by atoms with E-state index in [2.05, 4.69) is 42.6 Å². The first-order valence-corrected chi connectivity index (χ1v) is 10.9. The Kier molecular flexibility index (Phi) is 4.34. The minimum Gasteiger partial charge on any atom is -0.456 e. The average molecular weight is 452 g/mol. The second kappa shape index (κ2) is 7.00. The lowest BCUT2D eigenvalue weighted by molar-refractivity contribution is 0.488. The van der Waals surface area contributed by atoms with Gasteiger partial charge in [0.25, 0.3) is 0 Å². The van der Waals surface area contributed by atoms with Gasteiger partial charge in [-0.2, -0.15) is 5.10 Å². The summed E-state index contributed by atoms with van der Waals surface area (Å²) >= 11 is 3.52. The van der Waals surface area contributed by atoms with Gasteiger partial charge in [-0.25, -0.2) is 14.4 Å². The number of nitrogens with zero attached hydrogens (tertiary/aromatic N) is 4. The van der Waals surface area contributed by atoms with Crippen molar-refractivity contribution in [3.8, 4) is 22.9 Å². The number of hydrogen-bond acceptors (Lipinski definition) is 4. The fraction of sp³-hybridized carbons (Fsp3) is 0.0500. The number of hydrogen-bond donors (Lipinski definition) is 1. The molecule has 2 aromatic carbocycles. The second-order valence-electron chi connectivity index (χ2n) is 6.16. The number of pyridine rings is 1. The highest BCUT2D eigenvalue weighted by Crippen LogP contribution is 2.36. The number of ether oxygens (including phenoxy) is 1. The molecule has 0 amide bonds. The Morgan fingerprint density at radius 3 is 2.68 bits per heavy atom. The first kappa shape index (κ1) is 17.3. The minimum absolute atomic E-state index is 0.494. The number of para-hydroxylation sites is 2. The van der Waals surface area contributed by atoms with Crippen LogP contribution in [0.15, 0.2) is 65.4 Å². The Labute approximate surface area is 170 Å². The predicted octanol–water partition coefficient (Wildman–Crippen LogP) is 5.60. The van der Waals surface area contributed by atoms with Crippen molar-refractivity contribution in [3.63, 3.8) is 0 Å². The highest BCUT2D eigenvalue weighted by molar-refractivity contribution is 9.10. The smallest absolute Gasteiger partial charge is 0.165 e. The van der Waals surface area contributed by atoms with Gasteiger partial charge >= 0.3 is 0 Å². The van der Waals surface area contributed by atoms with Crippen LogP contribution in [0.1, 0.15) is 0 Å². The first-order chi connectivity index (χ1) is 13.7. The van der Waals surface area contributed by atoms with Crippen LogP contribution in [-0.4, -0.2) is 31.2 Å². The third-order valence-electron chi connectivity index (χ3n) is 4.44. The SMILES string of the molecule is CPn1nc(Br)c2c(Oc3ccc(-c4nc5ccccc5[nH]4)cc3)ccnc21. The number of fused-ring (bicyclic) bond motifs is 2. The molecule has 0 saturated heterocycles. The quantitative estimate of drug-likeness (QED) is 0.361. The van der Waals surface area contributed by atoms with Gasteiger partial charge < -0.3 is 9.72 Å². The van der Waals surface area contributed by atoms with Gasteiger partial charge in [-0.05, 0) is 59.0 Å². The largest absolute Gasteiger partial charge is 0.456 e. The van der Waals surface area contributed by atoms with Gasteiger partial charge in [-0.1, -0.05) is 12.1 Å². The Hall–Kier alpha value is -2.76. The lowest BCUT2D eigenvalue weighted by atomic mass is 10.2. The molecule has 0 aliphatic carbocycles. The number of aromatic amines is 1. The maximum atomic E-state index is 6.13. The third-order valence-corrected chi connectivity index (χ3v) is 5.73. The minimum atomic E-state index is 0.494. The Morgan fingerprint density at radius 1 is 1.07 bits per heavy atom. The van der Waals surface area contributed by atoms with Gasteiger partial charge in [0.05, 0.1) is 16.4 Å². The van der Waals surface area contributed by atoms with Gasteiger partial charge in [0, 0.05) is 26.6 Å². The van der Waals surface area contributed by atoms with Crippen molar-refractivity contribution >= 4 is 46.7 Å². The molecule has 3 aromatic heterocycles. The fourth-order valence-corrected chi connectivity index (χ4v) is 4.37. The summed E-state index contributed by atoms with van der Waals surface area (Å²) in [5.74, 6) is 2.30. The number of halogens is 1. The van der Waals surface area contributed by atoms with Crippen LogP contribution < -0.4 is 4.74 Å². The summed E-state index contributed by atoms with van der Waals surface area (Å²) in [6.45, 7) is 2.06. The molecule has 0 bridgehead atoms. The summed E-state index contributed by atoms with van der Waals surface area (Å²) in [7, 11) is 0.494. The molecular weight excluding hydrogens is 437 g/mol. The summed E-state index contributed by atoms with van der Waals surface area (Å²) in [5.41, 5.74) is 3.79. The zero-order valence-corrected chi connectivity index (χ0v) is 17.4. The van der Waals surface area contributed by atoms with Gasteiger partial charge in [-0.3, -0.25) is 0 Å². The highest BCUT2D eigenvalue weighted by Gasteiger charge is 2.15. The van der Waals surface area contributed by atoms with Crippen molar-refractivity contribution < 1.29 is 4.74 Å². The third kappa shape index (κ3) is 2.97. The van der Waals surface area contributed by atoms with E-state index in [1.165, 1.54) is 0 Å². The van der Waals surface area contributed by atoms with E-state index in [1.807, 2.05) is 59.0 Å². The molecule has 1 atom stereocenters. The van der Waals surface area contributed by atoms with E-state index in [9.17, 15) is 0 Å². The van der Waals surface area contributed by atoms with Crippen LogP contribution >= 0.6 is 24.7 Å². The molecule has 1 unspecified atom stereocenters. The van der Waals surface area contributed by atoms with E-state index in [4.69, 9.17) is 4.74 Å². The van der Waals surface area contributed by atoms with E-state index in [-0.39, 0.29) is 0 Å². The molecule has 3 heterocycles. The van der Waals surface area contributed by atoms with E-state index in [1.54, 1.807) is 6.20 Å². The Bertz CT molecular complexity index is 1260. The predicted molar refractivity (Wildman–Crippen MR) is 116 cm³/mol. The molecule has 5 rings (SSSR count). The van der Waals surface area contributed by atoms with Crippen molar-refractivity contribution in [1.82, 2.24) is 24.5 Å². The van der Waals surface area contributed by atoms with E-state index in [0.717, 1.165) is 49.6 Å². The Morgan fingerprint density at radius 2 is 1.89 bits per heavy atom. The zero-order valence-electron chi connectivity index (χ0n) is 14.8. The number of nitrogens with one attached hydrogen (secondary N) is 1. The number of rotatable bonds is 4. The first-order valence-electron chi connectivity index (χ1n) is 8.67. The number of benzene rings is 2. The number of aromatic nitrogens is 5. The van der Waals surface area contributed by atoms with Crippen LogP contribution in [-0.2, 0) is 0 Å². The van der Waals surface area contributed by atoms with Gasteiger partial charge in [0.1, 0.15) is 21.9 Å². The van der Waals surface area contributed by atoms with Crippen molar-refractivity contribution in [2.24, 2.45) is 0 Å². The van der Waals surface area contributed by atoms with E-state index >= 15 is 0 Å². The molecule has 8 heteroatoms. The van der Waals surface area contributed by atoms with Crippen LogP contribution in [0.2, 0.25) is 0 Å². The lowest BCUT2D eigenvalue weighted by Gasteiger charge is -2.07. The monoisotopic (exact) mass is 451 g/mol. The van der Waals surface area contributed by atoms with Crippen LogP contribution in [0.4, 0.5) is 0 Å². The van der Waals surface area contributed by atoms with Gasteiger partial charge in [0.2, 0.25) is 0 Å². The van der Waals surface area contributed by atoms with E-state index < -0.39 is 0 Å². The molecule has 0 fully saturated rings. The van der Waals surface area contributed by atoms with Crippen molar-refractivity contribution in [2.75, 3.05) is 6.66 Å². The molecule has 0 saturated carbocycles. The molecule has 0 spiro atoms. The summed E-state index contributed by atoms with van der Waals surface area (Å²) < 4.78 is 8.74. The van der Waals surface area contributed by atoms with Crippen LogP contribution in [0.3, 0.4) is 0 Å². The summed E-state index contributed by atoms with van der Waals surface area (Å²) in [6, 6.07) is 17.7. The maximum absolute atomic E-state index is 6.13. The molecule has 0 radical (unpaired) electrons. The lowest BCUT2D eigenvalue weighted by Crippen LogP contribution is -1.89. The number of imidazole rings is 1. The molecule has 0 aliphatic rings. The molecule has 28 heavy (non-hydrogen) atoms. The van der Waals surface area contributed by atoms with Gasteiger partial charge in [-0.15, -0.1) is 0 Å². The fourth-order valence-electron chi connectivity index (χ4n) is 3.11. The van der Waals surface area contributed by atoms with Crippen molar-refractivity contribution in [2.45, 2.75) is 0 Å². The summed E-state index contributed by atoms with van der Waals surface area (Å²) in [4.78, 5) is 12.4. The molecule has 6 nitrogen and oxygen atoms in total. The molecule has 1 N–H and O–H groups in total. The Balaban J connectivity index is 1.47. The molecule has 0 aliphatic heterocycles. The van der Waals surface area contributed by atoms with Gasteiger partial charge in [0.15, 0.2) is 5.65 Å². The van der Waals surface area contributed by atoms with Crippen LogP contribution in [0.5, 0.6) is 11.5 Å². The molecular formula is C20H15BrN5OP. The summed E-state index contributed by atoms with van der Waals surface area (Å²) in [5, 5.41) is 5.35. The van der Waals surface area contributed by atoms with Crippen molar-refractivity contribution in [1.29, 1.82) is 0 Å². The van der Waals surface area contributed by atoms with Crippen molar-refractivity contribution in [3.05, 3.63) is 65.4 Å². The molecule has 138 valence electrons. The van der Waals surface area contributed by atoms with E-state index in [0.29, 0.717) is 8.73 Å². The normalized spacial score (nSPS) is 11.8. The standard InChI is InChI=1S/C20H15BrN5OP/c1-28-26-20-17(18(21)25-26)16(10-11-22-20)27-13-8-6-12(7-9-13)19-23-14-4-2-3-5-15(14)24-19/h2-11,28H,1H3,(H,23,24). The zero-order chi connectivity index (χ0) is 19.1. The van der Waals surface area contributed by atoms with Crippen LogP contribution in [0, 0.1) is 0 Å².